The maximum atomic E-state index is 11.6. The molecule has 4 unspecified atom stereocenters. The summed E-state index contributed by atoms with van der Waals surface area (Å²) in [6.07, 6.45) is -3.94. The van der Waals surface area contributed by atoms with E-state index >= 15 is 0 Å². The standard InChI is InChI=1S/C10H17IN2O6/c11-1-7(16)12-8(17)3-13-2-6(15)10(19)9(18)5(13)4-14/h5-6,9-10,14-15,18-19H,1-4H2,(H,12,16,17). The van der Waals surface area contributed by atoms with Crippen molar-refractivity contribution in [3.05, 3.63) is 0 Å². The number of aliphatic hydroxyl groups is 4. The van der Waals surface area contributed by atoms with Gasteiger partial charge in [0, 0.05) is 6.54 Å². The van der Waals surface area contributed by atoms with Gasteiger partial charge in [0.05, 0.1) is 29.7 Å². The Morgan fingerprint density at radius 2 is 1.84 bits per heavy atom. The van der Waals surface area contributed by atoms with E-state index in [4.69, 9.17) is 0 Å². The van der Waals surface area contributed by atoms with Gasteiger partial charge in [0.15, 0.2) is 0 Å². The Kier molecular flexibility index (Phi) is 6.56. The molecule has 1 saturated heterocycles. The van der Waals surface area contributed by atoms with Crippen molar-refractivity contribution < 1.29 is 30.0 Å². The van der Waals surface area contributed by atoms with Crippen LogP contribution in [0, 0.1) is 0 Å². The van der Waals surface area contributed by atoms with Crippen molar-refractivity contribution in [2.45, 2.75) is 24.4 Å². The molecule has 0 radical (unpaired) electrons. The van der Waals surface area contributed by atoms with Crippen molar-refractivity contribution in [2.75, 3.05) is 24.1 Å². The molecule has 1 aliphatic rings. The van der Waals surface area contributed by atoms with Crippen molar-refractivity contribution in [3.8, 4) is 0 Å². The molecule has 5 N–H and O–H groups in total. The minimum atomic E-state index is -1.37. The Bertz CT molecular complexity index is 342. The number of piperidine rings is 1. The van der Waals surface area contributed by atoms with Crippen LogP contribution in [0.15, 0.2) is 0 Å². The van der Waals surface area contributed by atoms with Crippen LogP contribution in [0.5, 0.6) is 0 Å². The summed E-state index contributed by atoms with van der Waals surface area (Å²) in [6, 6.07) is -0.862. The van der Waals surface area contributed by atoms with Crippen LogP contribution < -0.4 is 5.32 Å². The molecule has 1 fully saturated rings. The van der Waals surface area contributed by atoms with Crippen molar-refractivity contribution in [3.63, 3.8) is 0 Å². The number of carbonyl (C=O) groups is 2. The molecule has 9 heteroatoms. The number of nitrogens with zero attached hydrogens (tertiary/aromatic N) is 1. The monoisotopic (exact) mass is 388 g/mol. The van der Waals surface area contributed by atoms with E-state index in [-0.39, 0.29) is 17.5 Å². The lowest BCUT2D eigenvalue weighted by molar-refractivity contribution is -0.151. The van der Waals surface area contributed by atoms with Gasteiger partial charge in [-0.2, -0.15) is 0 Å². The number of hydrogen-bond donors (Lipinski definition) is 5. The molecule has 1 rings (SSSR count). The first-order valence-electron chi connectivity index (χ1n) is 5.68. The predicted molar refractivity (Wildman–Crippen MR) is 72.5 cm³/mol. The fraction of sp³-hybridized carbons (Fsp3) is 0.800. The number of likely N-dealkylation sites (tertiary alicyclic amines) is 1. The highest BCUT2D eigenvalue weighted by Crippen LogP contribution is 2.18. The Morgan fingerprint density at radius 3 is 2.37 bits per heavy atom. The van der Waals surface area contributed by atoms with Crippen LogP contribution in [-0.4, -0.2) is 85.6 Å². The van der Waals surface area contributed by atoms with E-state index in [1.54, 1.807) is 0 Å². The van der Waals surface area contributed by atoms with Crippen LogP contribution in [-0.2, 0) is 9.59 Å². The average molecular weight is 388 g/mol. The number of aliphatic hydroxyl groups excluding tert-OH is 4. The molecule has 4 atom stereocenters. The first-order chi connectivity index (χ1) is 8.90. The summed E-state index contributed by atoms with van der Waals surface area (Å²) >= 11 is 1.81. The van der Waals surface area contributed by atoms with Crippen LogP contribution in [0.2, 0.25) is 0 Å². The Hall–Kier alpha value is -0.330. The van der Waals surface area contributed by atoms with Gasteiger partial charge >= 0.3 is 0 Å². The van der Waals surface area contributed by atoms with Gasteiger partial charge in [-0.3, -0.25) is 19.8 Å². The molecule has 0 bridgehead atoms. The van der Waals surface area contributed by atoms with Gasteiger partial charge < -0.3 is 20.4 Å². The normalized spacial score (nSPS) is 32.1. The van der Waals surface area contributed by atoms with Crippen LogP contribution in [0.1, 0.15) is 0 Å². The summed E-state index contributed by atoms with van der Waals surface area (Å²) in [5.74, 6) is -1.03. The van der Waals surface area contributed by atoms with Crippen molar-refractivity contribution in [2.24, 2.45) is 0 Å². The second kappa shape index (κ2) is 7.45. The molecule has 1 heterocycles. The zero-order valence-corrected chi connectivity index (χ0v) is 12.2. The molecule has 0 aromatic heterocycles. The number of imide groups is 1. The minimum absolute atomic E-state index is 0.0741. The van der Waals surface area contributed by atoms with E-state index in [1.807, 2.05) is 22.6 Å². The van der Waals surface area contributed by atoms with E-state index in [0.29, 0.717) is 0 Å². The van der Waals surface area contributed by atoms with Gasteiger partial charge in [-0.25, -0.2) is 0 Å². The average Bonchev–Trinajstić information content (AvgIpc) is 2.36. The van der Waals surface area contributed by atoms with Crippen molar-refractivity contribution in [1.29, 1.82) is 0 Å². The number of nitrogens with one attached hydrogen (secondary N) is 1. The Balaban J connectivity index is 2.64. The van der Waals surface area contributed by atoms with Crippen LogP contribution >= 0.6 is 22.6 Å². The number of β-amino-alcohol motifs (C(OH)–C–C–N with tert-alkyl or cyclic N) is 1. The van der Waals surface area contributed by atoms with E-state index in [0.717, 1.165) is 0 Å². The summed E-state index contributed by atoms with van der Waals surface area (Å²) < 4.78 is 0.136. The number of halogens is 1. The van der Waals surface area contributed by atoms with Crippen molar-refractivity contribution >= 4 is 34.4 Å². The summed E-state index contributed by atoms with van der Waals surface area (Å²) in [5.41, 5.74) is 0. The maximum Gasteiger partial charge on any atom is 0.240 e. The molecular formula is C10H17IN2O6. The number of rotatable bonds is 4. The molecule has 0 spiro atoms. The van der Waals surface area contributed by atoms with Gasteiger partial charge in [0.25, 0.3) is 0 Å². The zero-order chi connectivity index (χ0) is 14.6. The largest absolute Gasteiger partial charge is 0.395 e. The van der Waals surface area contributed by atoms with Gasteiger partial charge in [-0.05, 0) is 0 Å². The molecule has 2 amide bonds. The van der Waals surface area contributed by atoms with Crippen molar-refractivity contribution in [1.82, 2.24) is 10.2 Å². The highest BCUT2D eigenvalue weighted by atomic mass is 127. The second-order valence-corrected chi connectivity index (χ2v) is 5.10. The fourth-order valence-corrected chi connectivity index (χ4v) is 2.16. The molecule has 8 nitrogen and oxygen atoms in total. The topological polar surface area (TPSA) is 130 Å². The van der Waals surface area contributed by atoms with Gasteiger partial charge in [0.1, 0.15) is 12.2 Å². The summed E-state index contributed by atoms with van der Waals surface area (Å²) in [6.45, 7) is -0.803. The van der Waals surface area contributed by atoms with E-state index < -0.39 is 42.8 Å². The highest BCUT2D eigenvalue weighted by molar-refractivity contribution is 14.1. The molecule has 0 aromatic rings. The molecule has 0 aliphatic carbocycles. The van der Waals surface area contributed by atoms with E-state index in [2.05, 4.69) is 5.32 Å². The Labute approximate surface area is 123 Å². The number of carbonyl (C=O) groups excluding carboxylic acids is 2. The lowest BCUT2D eigenvalue weighted by atomic mass is 9.94. The van der Waals surface area contributed by atoms with Crippen LogP contribution in [0.4, 0.5) is 0 Å². The lowest BCUT2D eigenvalue weighted by Gasteiger charge is -2.42. The number of hydrogen-bond acceptors (Lipinski definition) is 7. The molecule has 0 aromatic carbocycles. The SMILES string of the molecule is O=C(CI)NC(=O)CN1CC(O)C(O)C(O)C1CO. The third-order valence-electron chi connectivity index (χ3n) is 2.96. The van der Waals surface area contributed by atoms with Crippen LogP contribution in [0.25, 0.3) is 0 Å². The lowest BCUT2D eigenvalue weighted by Crippen LogP contribution is -2.63. The van der Waals surface area contributed by atoms with Gasteiger partial charge in [0.2, 0.25) is 11.8 Å². The maximum absolute atomic E-state index is 11.6. The molecular weight excluding hydrogens is 371 g/mol. The zero-order valence-electron chi connectivity index (χ0n) is 10.1. The van der Waals surface area contributed by atoms with Crippen LogP contribution in [0.3, 0.4) is 0 Å². The third kappa shape index (κ3) is 4.33. The second-order valence-electron chi connectivity index (χ2n) is 4.33. The molecule has 0 saturated carbocycles. The van der Waals surface area contributed by atoms with E-state index in [1.165, 1.54) is 4.90 Å². The fourth-order valence-electron chi connectivity index (χ4n) is 1.97. The highest BCUT2D eigenvalue weighted by Gasteiger charge is 2.41. The molecule has 1 aliphatic heterocycles. The molecule has 19 heavy (non-hydrogen) atoms. The quantitative estimate of drug-likeness (QED) is 0.254. The summed E-state index contributed by atoms with van der Waals surface area (Å²) in [4.78, 5) is 23.9. The number of amides is 2. The summed E-state index contributed by atoms with van der Waals surface area (Å²) in [7, 11) is 0. The third-order valence-corrected chi connectivity index (χ3v) is 3.66. The van der Waals surface area contributed by atoms with E-state index in [9.17, 15) is 30.0 Å². The van der Waals surface area contributed by atoms with Gasteiger partial charge in [-0.1, -0.05) is 22.6 Å². The first kappa shape index (κ1) is 16.7. The summed E-state index contributed by atoms with van der Waals surface area (Å²) in [5, 5.41) is 40.0. The predicted octanol–water partition coefficient (Wildman–Crippen LogP) is -3.18. The molecule has 110 valence electrons. The van der Waals surface area contributed by atoms with Gasteiger partial charge in [-0.15, -0.1) is 0 Å². The smallest absolute Gasteiger partial charge is 0.240 e. The number of alkyl halides is 1. The Morgan fingerprint density at radius 1 is 1.21 bits per heavy atom. The first-order valence-corrected chi connectivity index (χ1v) is 7.21. The minimum Gasteiger partial charge on any atom is -0.395 e.